The quantitative estimate of drug-likeness (QED) is 0.730. The fraction of sp³-hybridized carbons (Fsp3) is 0.211. The van der Waals surface area contributed by atoms with Crippen molar-refractivity contribution < 1.29 is 17.9 Å². The lowest BCUT2D eigenvalue weighted by Gasteiger charge is -2.10. The van der Waals surface area contributed by atoms with Crippen LogP contribution in [0.15, 0.2) is 59.5 Å². The van der Waals surface area contributed by atoms with Crippen molar-refractivity contribution in [2.45, 2.75) is 24.8 Å². The molecule has 0 saturated carbocycles. The first-order valence-corrected chi connectivity index (χ1v) is 9.54. The van der Waals surface area contributed by atoms with Gasteiger partial charge in [0.05, 0.1) is 12.0 Å². The van der Waals surface area contributed by atoms with Gasteiger partial charge < -0.3 is 10.1 Å². The van der Waals surface area contributed by atoms with Crippen molar-refractivity contribution in [1.29, 1.82) is 0 Å². The summed E-state index contributed by atoms with van der Waals surface area (Å²) in [5.74, 6) is 0.435. The molecule has 0 radical (unpaired) electrons. The van der Waals surface area contributed by atoms with E-state index in [1.54, 1.807) is 39.2 Å². The van der Waals surface area contributed by atoms with Crippen molar-refractivity contribution >= 4 is 27.7 Å². The highest BCUT2D eigenvalue weighted by atomic mass is 32.2. The summed E-state index contributed by atoms with van der Waals surface area (Å²) >= 11 is 0. The molecule has 0 aromatic heterocycles. The van der Waals surface area contributed by atoms with Crippen molar-refractivity contribution in [2.75, 3.05) is 12.4 Å². The van der Waals surface area contributed by atoms with Gasteiger partial charge in [-0.05, 0) is 61.9 Å². The second kappa shape index (κ2) is 8.64. The van der Waals surface area contributed by atoms with Gasteiger partial charge >= 0.3 is 0 Å². The van der Waals surface area contributed by atoms with Gasteiger partial charge in [0.25, 0.3) is 0 Å². The van der Waals surface area contributed by atoms with E-state index in [9.17, 15) is 13.2 Å². The molecule has 0 atom stereocenters. The highest BCUT2D eigenvalue weighted by Gasteiger charge is 2.14. The first-order valence-electron chi connectivity index (χ1n) is 8.05. The molecule has 2 N–H and O–H groups in total. The molecule has 6 nitrogen and oxygen atoms in total. The molecule has 0 aliphatic heterocycles. The smallest absolute Gasteiger partial charge is 0.248 e. The van der Waals surface area contributed by atoms with E-state index in [0.29, 0.717) is 5.69 Å². The SMILES string of the molecule is COc1ccc(/C=C/C(=O)Nc2ccc(S(=O)(=O)NC(C)C)cc2)cc1. The monoisotopic (exact) mass is 374 g/mol. The van der Waals surface area contributed by atoms with Crippen LogP contribution in [-0.2, 0) is 14.8 Å². The second-order valence-corrected chi connectivity index (χ2v) is 7.61. The number of carbonyl (C=O) groups excluding carboxylic acids is 1. The lowest BCUT2D eigenvalue weighted by Crippen LogP contribution is -2.30. The number of anilines is 1. The van der Waals surface area contributed by atoms with Crippen molar-refractivity contribution in [1.82, 2.24) is 4.72 Å². The number of carbonyl (C=O) groups is 1. The molecule has 26 heavy (non-hydrogen) atoms. The molecule has 0 aliphatic rings. The van der Waals surface area contributed by atoms with Crippen molar-refractivity contribution in [3.63, 3.8) is 0 Å². The second-order valence-electron chi connectivity index (χ2n) is 5.90. The molecule has 2 rings (SSSR count). The number of amides is 1. The number of sulfonamides is 1. The number of benzene rings is 2. The van der Waals surface area contributed by atoms with Crippen LogP contribution in [0.2, 0.25) is 0 Å². The fourth-order valence-corrected chi connectivity index (χ4v) is 3.42. The van der Waals surface area contributed by atoms with Crippen LogP contribution >= 0.6 is 0 Å². The maximum atomic E-state index is 12.1. The molecule has 7 heteroatoms. The highest BCUT2D eigenvalue weighted by molar-refractivity contribution is 7.89. The Labute approximate surface area is 153 Å². The van der Waals surface area contributed by atoms with Crippen LogP contribution in [-0.4, -0.2) is 27.5 Å². The molecular weight excluding hydrogens is 352 g/mol. The molecule has 1 amide bonds. The largest absolute Gasteiger partial charge is 0.497 e. The van der Waals surface area contributed by atoms with Gasteiger partial charge in [0.2, 0.25) is 15.9 Å². The Morgan fingerprint density at radius 1 is 1.04 bits per heavy atom. The van der Waals surface area contributed by atoms with E-state index in [1.165, 1.54) is 18.2 Å². The Bertz CT molecular complexity index is 871. The zero-order valence-electron chi connectivity index (χ0n) is 14.9. The first-order chi connectivity index (χ1) is 12.3. The third-order valence-corrected chi connectivity index (χ3v) is 5.04. The van der Waals surface area contributed by atoms with E-state index in [-0.39, 0.29) is 16.8 Å². The minimum absolute atomic E-state index is 0.151. The van der Waals surface area contributed by atoms with Crippen LogP contribution in [0.5, 0.6) is 5.75 Å². The fourth-order valence-electron chi connectivity index (χ4n) is 2.17. The first kappa shape index (κ1) is 19.7. The third-order valence-electron chi connectivity index (χ3n) is 3.37. The number of ether oxygens (including phenoxy) is 1. The number of hydrogen-bond donors (Lipinski definition) is 2. The normalized spacial score (nSPS) is 11.7. The Hall–Kier alpha value is -2.64. The van der Waals surface area contributed by atoms with Gasteiger partial charge in [-0.1, -0.05) is 12.1 Å². The standard InChI is InChI=1S/C19H22N2O4S/c1-14(2)21-26(23,24)18-11-7-16(8-12-18)20-19(22)13-6-15-4-9-17(25-3)10-5-15/h4-14,21H,1-3H3,(H,20,22)/b13-6+. The van der Waals surface area contributed by atoms with E-state index in [1.807, 2.05) is 24.3 Å². The molecule has 0 saturated heterocycles. The molecule has 0 heterocycles. The molecule has 2 aromatic carbocycles. The van der Waals surface area contributed by atoms with Gasteiger partial charge in [-0.3, -0.25) is 4.79 Å². The maximum absolute atomic E-state index is 12.1. The number of nitrogens with one attached hydrogen (secondary N) is 2. The van der Waals surface area contributed by atoms with Crippen molar-refractivity contribution in [2.24, 2.45) is 0 Å². The number of rotatable bonds is 7. The average Bonchev–Trinajstić information content (AvgIpc) is 2.60. The lowest BCUT2D eigenvalue weighted by atomic mass is 10.2. The summed E-state index contributed by atoms with van der Waals surface area (Å²) in [6, 6.07) is 13.1. The minimum Gasteiger partial charge on any atom is -0.497 e. The number of methoxy groups -OCH3 is 1. The van der Waals surface area contributed by atoms with E-state index in [2.05, 4.69) is 10.0 Å². The minimum atomic E-state index is -3.54. The highest BCUT2D eigenvalue weighted by Crippen LogP contribution is 2.15. The zero-order valence-corrected chi connectivity index (χ0v) is 15.7. The van der Waals surface area contributed by atoms with E-state index in [4.69, 9.17) is 4.74 Å². The Morgan fingerprint density at radius 2 is 1.65 bits per heavy atom. The van der Waals surface area contributed by atoms with Crippen LogP contribution < -0.4 is 14.8 Å². The third kappa shape index (κ3) is 5.72. The summed E-state index contributed by atoms with van der Waals surface area (Å²) in [5, 5.41) is 2.69. The number of hydrogen-bond acceptors (Lipinski definition) is 4. The lowest BCUT2D eigenvalue weighted by molar-refractivity contribution is -0.111. The summed E-state index contributed by atoms with van der Waals surface area (Å²) in [6.07, 6.45) is 3.09. The Kier molecular flexibility index (Phi) is 6.54. The topological polar surface area (TPSA) is 84.5 Å². The molecular formula is C19H22N2O4S. The molecule has 0 spiro atoms. The molecule has 0 unspecified atom stereocenters. The van der Waals surface area contributed by atoms with Gasteiger partial charge in [0.15, 0.2) is 0 Å². The summed E-state index contributed by atoms with van der Waals surface area (Å²) in [5.41, 5.74) is 1.38. The maximum Gasteiger partial charge on any atom is 0.248 e. The van der Waals surface area contributed by atoms with Crippen LogP contribution in [0.1, 0.15) is 19.4 Å². The predicted octanol–water partition coefficient (Wildman–Crippen LogP) is 3.03. The van der Waals surface area contributed by atoms with E-state index < -0.39 is 10.0 Å². The van der Waals surface area contributed by atoms with E-state index >= 15 is 0 Å². The van der Waals surface area contributed by atoms with Crippen LogP contribution in [0.25, 0.3) is 6.08 Å². The summed E-state index contributed by atoms with van der Waals surface area (Å²) < 4.78 is 31.7. The summed E-state index contributed by atoms with van der Waals surface area (Å²) in [4.78, 5) is 12.1. The zero-order chi connectivity index (χ0) is 19.2. The molecule has 2 aromatic rings. The average molecular weight is 374 g/mol. The van der Waals surface area contributed by atoms with Crippen molar-refractivity contribution in [3.05, 3.63) is 60.2 Å². The summed E-state index contributed by atoms with van der Waals surface area (Å²) in [7, 11) is -1.95. The molecule has 138 valence electrons. The van der Waals surface area contributed by atoms with Crippen LogP contribution in [0, 0.1) is 0 Å². The van der Waals surface area contributed by atoms with Gasteiger partial charge in [-0.2, -0.15) is 0 Å². The Morgan fingerprint density at radius 3 is 2.19 bits per heavy atom. The van der Waals surface area contributed by atoms with Gasteiger partial charge in [0.1, 0.15) is 5.75 Å². The van der Waals surface area contributed by atoms with Gasteiger partial charge in [-0.15, -0.1) is 0 Å². The summed E-state index contributed by atoms with van der Waals surface area (Å²) in [6.45, 7) is 3.50. The van der Waals surface area contributed by atoms with Gasteiger partial charge in [-0.25, -0.2) is 13.1 Å². The molecule has 0 aliphatic carbocycles. The van der Waals surface area contributed by atoms with Crippen LogP contribution in [0.3, 0.4) is 0 Å². The molecule has 0 fully saturated rings. The van der Waals surface area contributed by atoms with Crippen LogP contribution in [0.4, 0.5) is 5.69 Å². The molecule has 0 bridgehead atoms. The predicted molar refractivity (Wildman–Crippen MR) is 103 cm³/mol. The van der Waals surface area contributed by atoms with Gasteiger partial charge in [0, 0.05) is 17.8 Å². The van der Waals surface area contributed by atoms with Crippen molar-refractivity contribution in [3.8, 4) is 5.75 Å². The van der Waals surface area contributed by atoms with E-state index in [0.717, 1.165) is 11.3 Å². The Balaban J connectivity index is 1.99.